The molecule has 0 aromatic carbocycles. The van der Waals surface area contributed by atoms with E-state index in [-0.39, 0.29) is 107 Å². The normalized spacial score (nSPS) is 1.00. The molecule has 0 fully saturated rings. The molecule has 0 aromatic heterocycles. The van der Waals surface area contributed by atoms with E-state index in [1.165, 1.54) is 0 Å². The molecule has 0 heterocycles. The van der Waals surface area contributed by atoms with Crippen LogP contribution in [-0.4, -0.2) is 16.5 Å². The van der Waals surface area contributed by atoms with Gasteiger partial charge < -0.3 is 2.85 Å². The van der Waals surface area contributed by atoms with Crippen LogP contribution < -0.4 is 87.8 Å². The van der Waals surface area contributed by atoms with Crippen molar-refractivity contribution in [2.24, 2.45) is 0 Å². The van der Waals surface area contributed by atoms with Crippen molar-refractivity contribution >= 4 is 16.5 Å². The summed E-state index contributed by atoms with van der Waals surface area (Å²) in [5, 5.41) is 0. The van der Waals surface area contributed by atoms with E-state index in [2.05, 4.69) is 0 Å². The van der Waals surface area contributed by atoms with E-state index in [0.29, 0.717) is 0 Å². The van der Waals surface area contributed by atoms with E-state index in [1.807, 2.05) is 0 Å². The predicted octanol–water partition coefficient (Wildman–Crippen LogP) is -6.80. The average molecular weight is 232 g/mol. The molecule has 0 aliphatic rings. The third kappa shape index (κ3) is 8.89. The second kappa shape index (κ2) is 16.7. The van der Waals surface area contributed by atoms with Crippen molar-refractivity contribution in [1.82, 2.24) is 0 Å². The van der Waals surface area contributed by atoms with Crippen molar-refractivity contribution in [3.05, 3.63) is 0 Å². The van der Waals surface area contributed by atoms with Crippen molar-refractivity contribution in [1.29, 1.82) is 0 Å². The first-order valence-corrected chi connectivity index (χ1v) is 1.50. The SMILES string of the molecule is [Cs+].[H-].[H-].[Li+].[O]=[GeH2]. The molecular formula is H4CsGeLiO. The van der Waals surface area contributed by atoms with Crippen molar-refractivity contribution < 1.29 is 94.4 Å². The summed E-state index contributed by atoms with van der Waals surface area (Å²) >= 11 is 0.125. The van der Waals surface area contributed by atoms with E-state index < -0.39 is 0 Å². The van der Waals surface area contributed by atoms with Crippen molar-refractivity contribution in [3.63, 3.8) is 0 Å². The average Bonchev–Trinajstić information content (AvgIpc) is 1.00. The molecule has 0 atom stereocenters. The third-order valence-electron chi connectivity index (χ3n) is 0. The van der Waals surface area contributed by atoms with Gasteiger partial charge in [0.2, 0.25) is 0 Å². The molecule has 0 radical (unpaired) electrons. The van der Waals surface area contributed by atoms with Gasteiger partial charge in [-0.2, -0.15) is 0 Å². The molecule has 4 heavy (non-hydrogen) atoms. The van der Waals surface area contributed by atoms with Crippen LogP contribution in [0.2, 0.25) is 0 Å². The topological polar surface area (TPSA) is 17.1 Å². The van der Waals surface area contributed by atoms with Gasteiger partial charge in [-0.15, -0.1) is 0 Å². The fourth-order valence-electron chi connectivity index (χ4n) is 0. The van der Waals surface area contributed by atoms with Crippen LogP contribution in [0.15, 0.2) is 0 Å². The standard InChI is InChI=1S/Cs.GeH2O.Li.2H/c;1-2;;;/h;1H2;;;/q+1;;+1;2*-1. The summed E-state index contributed by atoms with van der Waals surface area (Å²) in [6, 6.07) is 0. The molecule has 0 rings (SSSR count). The fourth-order valence-corrected chi connectivity index (χ4v) is 0. The number of rotatable bonds is 0. The van der Waals surface area contributed by atoms with Gasteiger partial charge in [0.25, 0.3) is 0 Å². The van der Waals surface area contributed by atoms with Gasteiger partial charge >= 0.3 is 108 Å². The van der Waals surface area contributed by atoms with Crippen LogP contribution in [0, 0.1) is 0 Å². The molecule has 0 unspecified atom stereocenters. The quantitative estimate of drug-likeness (QED) is 0.380. The minimum absolute atomic E-state index is 0. The summed E-state index contributed by atoms with van der Waals surface area (Å²) < 4.78 is 8.38. The summed E-state index contributed by atoms with van der Waals surface area (Å²) in [6.45, 7) is 0. The second-order valence-corrected chi connectivity index (χ2v) is 0. The van der Waals surface area contributed by atoms with Crippen LogP contribution in [-0.2, 0) is 3.78 Å². The van der Waals surface area contributed by atoms with Crippen molar-refractivity contribution in [2.45, 2.75) is 0 Å². The summed E-state index contributed by atoms with van der Waals surface area (Å²) in [5.74, 6) is 0. The van der Waals surface area contributed by atoms with Crippen LogP contribution in [0.1, 0.15) is 2.85 Å². The van der Waals surface area contributed by atoms with Crippen LogP contribution in [0.25, 0.3) is 0 Å². The zero-order valence-corrected chi connectivity index (χ0v) is 12.4. The van der Waals surface area contributed by atoms with Gasteiger partial charge in [-0.05, 0) is 0 Å². The van der Waals surface area contributed by atoms with Crippen molar-refractivity contribution in [2.75, 3.05) is 0 Å². The molecule has 0 aliphatic heterocycles. The van der Waals surface area contributed by atoms with Gasteiger partial charge in [0.05, 0.1) is 0 Å². The fraction of sp³-hybridized carbons (Fsp3) is 0. The Labute approximate surface area is 108 Å². The first kappa shape index (κ1) is 15.8. The van der Waals surface area contributed by atoms with Crippen LogP contribution in [0.3, 0.4) is 0 Å². The second-order valence-electron chi connectivity index (χ2n) is 0. The predicted molar refractivity (Wildman–Crippen MR) is 11.5 cm³/mol. The van der Waals surface area contributed by atoms with Gasteiger partial charge in [-0.25, -0.2) is 0 Å². The Bertz CT molecular complexity index is 13.5. The number of hydrogen-bond donors (Lipinski definition) is 0. The molecular weight excluding hydrogens is 228 g/mol. The molecule has 0 aliphatic carbocycles. The van der Waals surface area contributed by atoms with Crippen LogP contribution >= 0.6 is 0 Å². The Morgan fingerprint density at radius 2 is 1.50 bits per heavy atom. The molecule has 0 saturated carbocycles. The Balaban J connectivity index is -0.000000000833. The molecule has 0 bridgehead atoms. The molecule has 4 heteroatoms. The van der Waals surface area contributed by atoms with Gasteiger partial charge in [-0.3, -0.25) is 0 Å². The van der Waals surface area contributed by atoms with E-state index in [0.717, 1.165) is 0 Å². The van der Waals surface area contributed by atoms with E-state index >= 15 is 0 Å². The Morgan fingerprint density at radius 3 is 1.50 bits per heavy atom. The summed E-state index contributed by atoms with van der Waals surface area (Å²) in [6.07, 6.45) is 0. The Hall–Kier alpha value is 2.99. The van der Waals surface area contributed by atoms with Gasteiger partial charge in [0.15, 0.2) is 0 Å². The summed E-state index contributed by atoms with van der Waals surface area (Å²) in [4.78, 5) is 0. The zero-order chi connectivity index (χ0) is 2.00. The first-order chi connectivity index (χ1) is 1.00. The number of hydrogen-bond acceptors (Lipinski definition) is 1. The molecule has 0 saturated heterocycles. The monoisotopic (exact) mass is 234 g/mol. The maximum atomic E-state index is 8.38. The zero-order valence-electron chi connectivity index (χ0n) is 5.12. The molecule has 0 N–H and O–H groups in total. The molecule has 1 nitrogen and oxygen atoms in total. The molecule has 0 aromatic rings. The summed E-state index contributed by atoms with van der Waals surface area (Å²) in [7, 11) is 0. The Morgan fingerprint density at radius 1 is 1.50 bits per heavy atom. The third-order valence-corrected chi connectivity index (χ3v) is 0. The van der Waals surface area contributed by atoms with Crippen LogP contribution in [0.4, 0.5) is 0 Å². The molecule has 0 amide bonds. The summed E-state index contributed by atoms with van der Waals surface area (Å²) in [5.41, 5.74) is 0. The van der Waals surface area contributed by atoms with Gasteiger partial charge in [0, 0.05) is 0 Å². The molecule has 0 spiro atoms. The minimum atomic E-state index is 0. The Kier molecular flexibility index (Phi) is 65.7. The van der Waals surface area contributed by atoms with Gasteiger partial charge in [-0.1, -0.05) is 0 Å². The van der Waals surface area contributed by atoms with Crippen molar-refractivity contribution in [3.8, 4) is 0 Å². The van der Waals surface area contributed by atoms with Crippen LogP contribution in [0.5, 0.6) is 0 Å². The maximum absolute atomic E-state index is 8.38. The van der Waals surface area contributed by atoms with E-state index in [4.69, 9.17) is 3.78 Å². The first-order valence-electron chi connectivity index (χ1n) is 0.289. The van der Waals surface area contributed by atoms with E-state index in [1.54, 1.807) is 0 Å². The molecule has 16 valence electrons. The van der Waals surface area contributed by atoms with E-state index in [9.17, 15) is 0 Å². The van der Waals surface area contributed by atoms with Gasteiger partial charge in [0.1, 0.15) is 0 Å².